The fraction of sp³-hybridized carbons (Fsp3) is 0.364. The topological polar surface area (TPSA) is 66.4 Å². The van der Waals surface area contributed by atoms with Crippen LogP contribution in [0.2, 0.25) is 0 Å². The molecule has 2 aromatic rings. The highest BCUT2D eigenvalue weighted by molar-refractivity contribution is 6.07. The Labute approximate surface area is 154 Å². The van der Waals surface area contributed by atoms with E-state index in [1.54, 1.807) is 18.2 Å². The lowest BCUT2D eigenvalue weighted by Crippen LogP contribution is -2.34. The molecule has 0 spiro atoms. The molecular weight excluding hydrogens is 326 g/mol. The van der Waals surface area contributed by atoms with Crippen molar-refractivity contribution in [3.8, 4) is 0 Å². The van der Waals surface area contributed by atoms with Crippen LogP contribution in [0.25, 0.3) is 0 Å². The summed E-state index contributed by atoms with van der Waals surface area (Å²) in [5, 5.41) is 12.0. The van der Waals surface area contributed by atoms with Crippen LogP contribution in [0.5, 0.6) is 0 Å². The molecule has 1 amide bonds. The van der Waals surface area contributed by atoms with Crippen molar-refractivity contribution < 1.29 is 14.7 Å². The first-order valence-electron chi connectivity index (χ1n) is 8.90. The number of para-hydroxylation sites is 1. The Balaban J connectivity index is 1.96. The number of benzene rings is 2. The fourth-order valence-corrected chi connectivity index (χ4v) is 3.70. The molecule has 4 nitrogen and oxygen atoms in total. The summed E-state index contributed by atoms with van der Waals surface area (Å²) in [4.78, 5) is 24.1. The molecular formula is C22H25NO3. The van der Waals surface area contributed by atoms with Gasteiger partial charge in [0.1, 0.15) is 0 Å². The second kappa shape index (κ2) is 6.27. The molecule has 26 heavy (non-hydrogen) atoms. The van der Waals surface area contributed by atoms with Gasteiger partial charge in [0.25, 0.3) is 5.91 Å². The monoisotopic (exact) mass is 351 g/mol. The summed E-state index contributed by atoms with van der Waals surface area (Å²) in [7, 11) is 0. The molecule has 0 radical (unpaired) electrons. The van der Waals surface area contributed by atoms with Gasteiger partial charge in [0.2, 0.25) is 0 Å². The summed E-state index contributed by atoms with van der Waals surface area (Å²) in [6, 6.07) is 12.3. The van der Waals surface area contributed by atoms with Gasteiger partial charge in [-0.2, -0.15) is 0 Å². The van der Waals surface area contributed by atoms with Crippen LogP contribution in [0.4, 0.5) is 5.69 Å². The standard InChI is InChI=1S/C22H25NO3/c1-21(2)11-12-22(3,4)17-13-14(9-10-16(17)21)19(24)23-18-8-6-5-7-15(18)20(25)26/h5-10,13H,11-12H2,1-4H3,(H,23,24)(H,25,26). The molecule has 0 heterocycles. The van der Waals surface area contributed by atoms with E-state index in [-0.39, 0.29) is 22.3 Å². The minimum absolute atomic E-state index is 0.0140. The third kappa shape index (κ3) is 3.24. The van der Waals surface area contributed by atoms with E-state index >= 15 is 0 Å². The van der Waals surface area contributed by atoms with Gasteiger partial charge < -0.3 is 10.4 Å². The highest BCUT2D eigenvalue weighted by Crippen LogP contribution is 2.45. The number of fused-ring (bicyclic) bond motifs is 1. The van der Waals surface area contributed by atoms with Crippen LogP contribution in [-0.4, -0.2) is 17.0 Å². The van der Waals surface area contributed by atoms with Crippen LogP contribution in [-0.2, 0) is 10.8 Å². The number of anilines is 1. The van der Waals surface area contributed by atoms with Crippen LogP contribution in [0.1, 0.15) is 72.4 Å². The van der Waals surface area contributed by atoms with E-state index in [0.717, 1.165) is 12.8 Å². The molecule has 136 valence electrons. The molecule has 0 fully saturated rings. The van der Waals surface area contributed by atoms with Crippen LogP contribution in [0, 0.1) is 0 Å². The Kier molecular flexibility index (Phi) is 4.39. The van der Waals surface area contributed by atoms with Crippen LogP contribution >= 0.6 is 0 Å². The number of carboxylic acids is 1. The summed E-state index contributed by atoms with van der Waals surface area (Å²) >= 11 is 0. The number of amides is 1. The first-order chi connectivity index (χ1) is 12.1. The molecule has 4 heteroatoms. The van der Waals surface area contributed by atoms with E-state index < -0.39 is 5.97 Å². The second-order valence-corrected chi connectivity index (χ2v) is 8.33. The number of hydrogen-bond donors (Lipinski definition) is 2. The molecule has 1 aliphatic rings. The molecule has 2 N–H and O–H groups in total. The molecule has 0 saturated carbocycles. The van der Waals surface area contributed by atoms with Crippen molar-refractivity contribution in [1.82, 2.24) is 0 Å². The molecule has 0 aromatic heterocycles. The van der Waals surface area contributed by atoms with Gasteiger partial charge in [-0.25, -0.2) is 4.79 Å². The number of carboxylic acid groups (broad SMARTS) is 1. The average molecular weight is 351 g/mol. The number of carbonyl (C=O) groups is 2. The molecule has 0 unspecified atom stereocenters. The van der Waals surface area contributed by atoms with Crippen molar-refractivity contribution in [2.75, 3.05) is 5.32 Å². The van der Waals surface area contributed by atoms with E-state index in [2.05, 4.69) is 33.0 Å². The van der Waals surface area contributed by atoms with E-state index in [1.165, 1.54) is 17.2 Å². The Morgan fingerprint density at radius 2 is 1.54 bits per heavy atom. The third-order valence-electron chi connectivity index (χ3n) is 5.52. The summed E-state index contributed by atoms with van der Waals surface area (Å²) < 4.78 is 0. The quantitative estimate of drug-likeness (QED) is 0.819. The highest BCUT2D eigenvalue weighted by Gasteiger charge is 2.37. The first kappa shape index (κ1) is 18.2. The second-order valence-electron chi connectivity index (χ2n) is 8.33. The minimum Gasteiger partial charge on any atom is -0.478 e. The molecule has 2 aromatic carbocycles. The van der Waals surface area contributed by atoms with E-state index in [0.29, 0.717) is 11.3 Å². The molecule has 3 rings (SSSR count). The van der Waals surface area contributed by atoms with Gasteiger partial charge in [-0.15, -0.1) is 0 Å². The average Bonchev–Trinajstić information content (AvgIpc) is 2.59. The van der Waals surface area contributed by atoms with Gasteiger partial charge in [0, 0.05) is 5.56 Å². The predicted octanol–water partition coefficient (Wildman–Crippen LogP) is 4.99. The normalized spacial score (nSPS) is 17.2. The first-order valence-corrected chi connectivity index (χ1v) is 8.90. The van der Waals surface area contributed by atoms with Crippen molar-refractivity contribution in [2.24, 2.45) is 0 Å². The number of hydrogen-bond acceptors (Lipinski definition) is 2. The SMILES string of the molecule is CC1(C)CCC(C)(C)c2cc(C(=O)Nc3ccccc3C(=O)O)ccc21. The van der Waals surface area contributed by atoms with E-state index in [9.17, 15) is 14.7 Å². The van der Waals surface area contributed by atoms with Gasteiger partial charge in [0.05, 0.1) is 11.3 Å². The van der Waals surface area contributed by atoms with Crippen LogP contribution < -0.4 is 5.32 Å². The van der Waals surface area contributed by atoms with E-state index in [1.807, 2.05) is 18.2 Å². The number of carbonyl (C=O) groups excluding carboxylic acids is 1. The minimum atomic E-state index is -1.06. The Bertz CT molecular complexity index is 881. The number of rotatable bonds is 3. The maximum Gasteiger partial charge on any atom is 0.337 e. The molecule has 0 atom stereocenters. The van der Waals surface area contributed by atoms with Crippen molar-refractivity contribution >= 4 is 17.6 Å². The maximum atomic E-state index is 12.7. The summed E-state index contributed by atoms with van der Waals surface area (Å²) in [5.74, 6) is -1.35. The zero-order valence-corrected chi connectivity index (χ0v) is 15.7. The van der Waals surface area contributed by atoms with Gasteiger partial charge in [-0.05, 0) is 59.1 Å². The van der Waals surface area contributed by atoms with Gasteiger partial charge >= 0.3 is 5.97 Å². The lowest BCUT2D eigenvalue weighted by atomic mass is 9.63. The highest BCUT2D eigenvalue weighted by atomic mass is 16.4. The Hall–Kier alpha value is -2.62. The number of aromatic carboxylic acids is 1. The van der Waals surface area contributed by atoms with Crippen LogP contribution in [0.3, 0.4) is 0 Å². The maximum absolute atomic E-state index is 12.7. The van der Waals surface area contributed by atoms with Crippen molar-refractivity contribution in [1.29, 1.82) is 0 Å². The van der Waals surface area contributed by atoms with Gasteiger partial charge in [-0.1, -0.05) is 45.9 Å². The largest absolute Gasteiger partial charge is 0.478 e. The fourth-order valence-electron chi connectivity index (χ4n) is 3.70. The van der Waals surface area contributed by atoms with Gasteiger partial charge in [0.15, 0.2) is 0 Å². The van der Waals surface area contributed by atoms with Crippen LogP contribution in [0.15, 0.2) is 42.5 Å². The smallest absolute Gasteiger partial charge is 0.337 e. The summed E-state index contributed by atoms with van der Waals surface area (Å²) in [6.07, 6.45) is 2.18. The van der Waals surface area contributed by atoms with Crippen molar-refractivity contribution in [2.45, 2.75) is 51.4 Å². The number of nitrogens with one attached hydrogen (secondary N) is 1. The zero-order chi connectivity index (χ0) is 19.1. The molecule has 0 saturated heterocycles. The van der Waals surface area contributed by atoms with Crippen molar-refractivity contribution in [3.05, 3.63) is 64.7 Å². The lowest BCUT2D eigenvalue weighted by Gasteiger charge is -2.42. The Morgan fingerprint density at radius 1 is 0.923 bits per heavy atom. The van der Waals surface area contributed by atoms with Crippen molar-refractivity contribution in [3.63, 3.8) is 0 Å². The summed E-state index contributed by atoms with van der Waals surface area (Å²) in [6.45, 7) is 8.90. The van der Waals surface area contributed by atoms with E-state index in [4.69, 9.17) is 0 Å². The predicted molar refractivity (Wildman–Crippen MR) is 103 cm³/mol. The zero-order valence-electron chi connectivity index (χ0n) is 15.7. The summed E-state index contributed by atoms with van der Waals surface area (Å²) in [5.41, 5.74) is 3.54. The Morgan fingerprint density at radius 3 is 2.19 bits per heavy atom. The van der Waals surface area contributed by atoms with Gasteiger partial charge in [-0.3, -0.25) is 4.79 Å². The third-order valence-corrected chi connectivity index (χ3v) is 5.52. The lowest BCUT2D eigenvalue weighted by molar-refractivity contribution is 0.0698. The molecule has 1 aliphatic carbocycles. The molecule has 0 aliphatic heterocycles. The molecule has 0 bridgehead atoms.